The van der Waals surface area contributed by atoms with Crippen molar-refractivity contribution >= 4 is 11.7 Å². The molecule has 2 rings (SSSR count). The smallest absolute Gasteiger partial charge is 0.312 e. The van der Waals surface area contributed by atoms with Crippen molar-refractivity contribution < 1.29 is 14.6 Å². The molecule has 0 amide bonds. The second kappa shape index (κ2) is 7.33. The number of carboxylic acid groups (broad SMARTS) is 1. The van der Waals surface area contributed by atoms with Gasteiger partial charge in [-0.15, -0.1) is 0 Å². The third kappa shape index (κ3) is 4.24. The van der Waals surface area contributed by atoms with Crippen LogP contribution < -0.4 is 10.1 Å². The molecule has 2 N–H and O–H groups in total. The number of rotatable bonds is 7. The van der Waals surface area contributed by atoms with Gasteiger partial charge in [-0.2, -0.15) is 0 Å². The van der Waals surface area contributed by atoms with Gasteiger partial charge in [0.1, 0.15) is 5.75 Å². The maximum atomic E-state index is 11.4. The lowest BCUT2D eigenvalue weighted by Gasteiger charge is -2.15. The van der Waals surface area contributed by atoms with E-state index in [1.54, 1.807) is 0 Å². The average molecular weight is 285 g/mol. The summed E-state index contributed by atoms with van der Waals surface area (Å²) in [5, 5.41) is 12.5. The van der Waals surface area contributed by atoms with E-state index in [1.807, 2.05) is 61.5 Å². The number of hydrogen-bond acceptors (Lipinski definition) is 3. The van der Waals surface area contributed by atoms with Gasteiger partial charge < -0.3 is 15.2 Å². The molecular weight excluding hydrogens is 266 g/mol. The predicted molar refractivity (Wildman–Crippen MR) is 82.9 cm³/mol. The van der Waals surface area contributed by atoms with Gasteiger partial charge in [0, 0.05) is 18.3 Å². The number of hydrogen-bond donors (Lipinski definition) is 2. The fourth-order valence-electron chi connectivity index (χ4n) is 2.12. The first-order valence-electron chi connectivity index (χ1n) is 6.95. The molecule has 1 atom stereocenters. The zero-order valence-electron chi connectivity index (χ0n) is 12.0. The Labute approximate surface area is 124 Å². The molecule has 0 bridgehead atoms. The molecule has 0 aliphatic rings. The van der Waals surface area contributed by atoms with Crippen molar-refractivity contribution in [1.29, 1.82) is 0 Å². The van der Waals surface area contributed by atoms with E-state index >= 15 is 0 Å². The maximum Gasteiger partial charge on any atom is 0.312 e. The van der Waals surface area contributed by atoms with Gasteiger partial charge in [-0.05, 0) is 24.6 Å². The van der Waals surface area contributed by atoms with Crippen LogP contribution >= 0.6 is 0 Å². The van der Waals surface area contributed by atoms with Crippen LogP contribution in [0.2, 0.25) is 0 Å². The Balaban J connectivity index is 2.06. The van der Waals surface area contributed by atoms with Crippen LogP contribution in [-0.4, -0.2) is 24.2 Å². The van der Waals surface area contributed by atoms with Crippen molar-refractivity contribution in [3.05, 3.63) is 60.2 Å². The molecule has 0 saturated carbocycles. The van der Waals surface area contributed by atoms with E-state index in [2.05, 4.69) is 5.32 Å². The van der Waals surface area contributed by atoms with Gasteiger partial charge in [0.2, 0.25) is 0 Å². The first-order valence-corrected chi connectivity index (χ1v) is 6.95. The summed E-state index contributed by atoms with van der Waals surface area (Å²) in [6.45, 7) is 2.86. The zero-order valence-corrected chi connectivity index (χ0v) is 12.0. The van der Waals surface area contributed by atoms with E-state index in [0.717, 1.165) is 17.0 Å². The summed E-state index contributed by atoms with van der Waals surface area (Å²) in [7, 11) is 0. The number of anilines is 1. The van der Waals surface area contributed by atoms with E-state index < -0.39 is 11.9 Å². The summed E-state index contributed by atoms with van der Waals surface area (Å²) in [6.07, 6.45) is 0. The Bertz CT molecular complexity index is 584. The number of ether oxygens (including phenoxy) is 1. The molecular formula is C17H19NO3. The summed E-state index contributed by atoms with van der Waals surface area (Å²) in [6, 6.07) is 16.8. The van der Waals surface area contributed by atoms with Crippen LogP contribution in [0.5, 0.6) is 5.75 Å². The molecule has 2 aromatic carbocycles. The molecule has 0 fully saturated rings. The topological polar surface area (TPSA) is 58.6 Å². The quantitative estimate of drug-likeness (QED) is 0.819. The third-order valence-corrected chi connectivity index (χ3v) is 3.16. The maximum absolute atomic E-state index is 11.4. The summed E-state index contributed by atoms with van der Waals surface area (Å²) in [5.41, 5.74) is 1.64. The lowest BCUT2D eigenvalue weighted by Crippen LogP contribution is -2.20. The Hall–Kier alpha value is -2.49. The van der Waals surface area contributed by atoms with Gasteiger partial charge in [-0.3, -0.25) is 4.79 Å². The zero-order chi connectivity index (χ0) is 15.1. The third-order valence-electron chi connectivity index (χ3n) is 3.16. The van der Waals surface area contributed by atoms with Crippen molar-refractivity contribution in [2.24, 2.45) is 0 Å². The van der Waals surface area contributed by atoms with Crippen molar-refractivity contribution in [3.63, 3.8) is 0 Å². The highest BCUT2D eigenvalue weighted by atomic mass is 16.5. The van der Waals surface area contributed by atoms with E-state index in [1.165, 1.54) is 0 Å². The summed E-state index contributed by atoms with van der Waals surface area (Å²) >= 11 is 0. The normalized spacial score (nSPS) is 11.7. The summed E-state index contributed by atoms with van der Waals surface area (Å²) in [5.74, 6) is -0.648. The summed E-state index contributed by atoms with van der Waals surface area (Å²) < 4.78 is 5.43. The van der Waals surface area contributed by atoms with Crippen molar-refractivity contribution in [3.8, 4) is 5.75 Å². The molecule has 1 unspecified atom stereocenters. The van der Waals surface area contributed by atoms with Gasteiger partial charge in [0.15, 0.2) is 0 Å². The first kappa shape index (κ1) is 14.9. The molecule has 0 spiro atoms. The van der Waals surface area contributed by atoms with Crippen LogP contribution in [0.25, 0.3) is 0 Å². The van der Waals surface area contributed by atoms with Crippen LogP contribution in [-0.2, 0) is 4.79 Å². The average Bonchev–Trinajstić information content (AvgIpc) is 2.49. The van der Waals surface area contributed by atoms with Crippen molar-refractivity contribution in [2.45, 2.75) is 12.8 Å². The predicted octanol–water partition coefficient (Wildman–Crippen LogP) is 3.37. The van der Waals surface area contributed by atoms with Gasteiger partial charge in [-0.25, -0.2) is 0 Å². The minimum Gasteiger partial charge on any atom is -0.494 e. The molecule has 4 nitrogen and oxygen atoms in total. The lowest BCUT2D eigenvalue weighted by atomic mass is 9.99. The fraction of sp³-hybridized carbons (Fsp3) is 0.235. The van der Waals surface area contributed by atoms with Crippen molar-refractivity contribution in [1.82, 2.24) is 0 Å². The standard InChI is InChI=1S/C17H19NO3/c1-2-21-15-10-6-9-14(11-15)18-12-16(17(19)20)13-7-4-3-5-8-13/h3-11,16,18H,2,12H2,1H3,(H,19,20). The van der Waals surface area contributed by atoms with Crippen LogP contribution in [0.15, 0.2) is 54.6 Å². The first-order chi connectivity index (χ1) is 10.2. The van der Waals surface area contributed by atoms with Gasteiger partial charge in [0.25, 0.3) is 0 Å². The minimum atomic E-state index is -0.838. The Kier molecular flexibility index (Phi) is 5.21. The molecule has 0 aliphatic heterocycles. The van der Waals surface area contributed by atoms with Crippen LogP contribution in [0.4, 0.5) is 5.69 Å². The molecule has 0 saturated heterocycles. The molecule has 0 radical (unpaired) electrons. The Morgan fingerprint density at radius 1 is 1.19 bits per heavy atom. The highest BCUT2D eigenvalue weighted by molar-refractivity contribution is 5.77. The number of aliphatic carboxylic acids is 1. The number of nitrogens with one attached hydrogen (secondary N) is 1. The number of carboxylic acids is 1. The number of carbonyl (C=O) groups is 1. The van der Waals surface area contributed by atoms with E-state index in [-0.39, 0.29) is 0 Å². The molecule has 4 heteroatoms. The fourth-order valence-corrected chi connectivity index (χ4v) is 2.12. The molecule has 0 heterocycles. The van der Waals surface area contributed by atoms with Gasteiger partial charge in [-0.1, -0.05) is 36.4 Å². The SMILES string of the molecule is CCOc1cccc(NCC(C(=O)O)c2ccccc2)c1. The minimum absolute atomic E-state index is 0.328. The molecule has 110 valence electrons. The van der Waals surface area contributed by atoms with Crippen LogP contribution in [0, 0.1) is 0 Å². The van der Waals surface area contributed by atoms with Gasteiger partial charge >= 0.3 is 5.97 Å². The van der Waals surface area contributed by atoms with E-state index in [9.17, 15) is 9.90 Å². The van der Waals surface area contributed by atoms with Crippen LogP contribution in [0.3, 0.4) is 0 Å². The summed E-state index contributed by atoms with van der Waals surface area (Å²) in [4.78, 5) is 11.4. The van der Waals surface area contributed by atoms with Gasteiger partial charge in [0.05, 0.1) is 12.5 Å². The van der Waals surface area contributed by atoms with E-state index in [4.69, 9.17) is 4.74 Å². The second-order valence-electron chi connectivity index (χ2n) is 4.64. The van der Waals surface area contributed by atoms with E-state index in [0.29, 0.717) is 13.2 Å². The molecule has 21 heavy (non-hydrogen) atoms. The Morgan fingerprint density at radius 3 is 2.62 bits per heavy atom. The highest BCUT2D eigenvalue weighted by Crippen LogP contribution is 2.20. The molecule has 0 aliphatic carbocycles. The molecule has 0 aromatic heterocycles. The largest absolute Gasteiger partial charge is 0.494 e. The highest BCUT2D eigenvalue weighted by Gasteiger charge is 2.19. The van der Waals surface area contributed by atoms with Crippen LogP contribution in [0.1, 0.15) is 18.4 Å². The van der Waals surface area contributed by atoms with Crippen molar-refractivity contribution in [2.75, 3.05) is 18.5 Å². The second-order valence-corrected chi connectivity index (χ2v) is 4.64. The lowest BCUT2D eigenvalue weighted by molar-refractivity contribution is -0.138. The Morgan fingerprint density at radius 2 is 1.95 bits per heavy atom. The molecule has 2 aromatic rings. The monoisotopic (exact) mass is 285 g/mol. The number of benzene rings is 2.